The number of aromatic nitrogens is 2. The molecule has 0 radical (unpaired) electrons. The van der Waals surface area contributed by atoms with E-state index in [0.717, 1.165) is 0 Å². The molecule has 0 bridgehead atoms. The number of nitriles is 1. The molecule has 2 rings (SSSR count). The maximum Gasteiger partial charge on any atom is 0.327 e. The summed E-state index contributed by atoms with van der Waals surface area (Å²) in [6.07, 6.45) is 0. The highest BCUT2D eigenvalue weighted by Gasteiger charge is 2.17. The van der Waals surface area contributed by atoms with Crippen molar-refractivity contribution in [3.63, 3.8) is 0 Å². The molecule has 0 unspecified atom stereocenters. The molecule has 1 amide bonds. The first kappa shape index (κ1) is 13.5. The highest BCUT2D eigenvalue weighted by molar-refractivity contribution is 6.04. The van der Waals surface area contributed by atoms with Crippen LogP contribution in [0.15, 0.2) is 18.2 Å². The number of rotatable bonds is 4. The van der Waals surface area contributed by atoms with Gasteiger partial charge in [0.15, 0.2) is 5.69 Å². The lowest BCUT2D eigenvalue weighted by atomic mass is 10.1. The largest absolute Gasteiger partial charge is 0.465 e. The Morgan fingerprint density at radius 2 is 2.25 bits per heavy atom. The van der Waals surface area contributed by atoms with E-state index in [1.54, 1.807) is 19.1 Å². The molecule has 1 aromatic heterocycles. The summed E-state index contributed by atoms with van der Waals surface area (Å²) >= 11 is 0. The molecule has 0 atom stereocenters. The average molecular weight is 272 g/mol. The van der Waals surface area contributed by atoms with Crippen LogP contribution in [0.5, 0.6) is 0 Å². The van der Waals surface area contributed by atoms with Crippen LogP contribution >= 0.6 is 0 Å². The summed E-state index contributed by atoms with van der Waals surface area (Å²) < 4.78 is 6.18. The van der Waals surface area contributed by atoms with Gasteiger partial charge in [-0.15, -0.1) is 0 Å². The first-order valence-electron chi connectivity index (χ1n) is 5.93. The van der Waals surface area contributed by atoms with Crippen molar-refractivity contribution in [3.8, 4) is 6.07 Å². The van der Waals surface area contributed by atoms with Crippen LogP contribution in [-0.2, 0) is 16.1 Å². The lowest BCUT2D eigenvalue weighted by Gasteiger charge is -2.03. The fourth-order valence-corrected chi connectivity index (χ4v) is 1.88. The molecule has 1 aromatic carbocycles. The zero-order valence-electron chi connectivity index (χ0n) is 10.8. The number of carbonyl (C=O) groups is 2. The fourth-order valence-electron chi connectivity index (χ4n) is 1.88. The van der Waals surface area contributed by atoms with E-state index in [1.165, 1.54) is 10.7 Å². The lowest BCUT2D eigenvalue weighted by molar-refractivity contribution is -0.143. The molecule has 0 fully saturated rings. The molecule has 0 spiro atoms. The van der Waals surface area contributed by atoms with E-state index in [0.29, 0.717) is 16.5 Å². The van der Waals surface area contributed by atoms with Crippen LogP contribution < -0.4 is 5.73 Å². The number of esters is 1. The minimum absolute atomic E-state index is 0.0291. The van der Waals surface area contributed by atoms with Gasteiger partial charge >= 0.3 is 5.97 Å². The standard InChI is InChI=1S/C13H12N4O3/c1-2-20-11(18)7-17-10-4-3-8(6-14)5-9(10)12(16-17)13(15)19/h3-5H,2,7H2,1H3,(H2,15,19). The lowest BCUT2D eigenvalue weighted by Crippen LogP contribution is -2.16. The van der Waals surface area contributed by atoms with Crippen molar-refractivity contribution in [3.05, 3.63) is 29.5 Å². The van der Waals surface area contributed by atoms with Gasteiger partial charge in [-0.25, -0.2) is 0 Å². The summed E-state index contributed by atoms with van der Waals surface area (Å²) in [5, 5.41) is 13.3. The molecular weight excluding hydrogens is 260 g/mol. The molecule has 1 heterocycles. The second-order valence-electron chi connectivity index (χ2n) is 4.02. The zero-order chi connectivity index (χ0) is 14.7. The average Bonchev–Trinajstić information content (AvgIpc) is 2.77. The Kier molecular flexibility index (Phi) is 3.66. The Labute approximate surface area is 114 Å². The molecule has 0 saturated carbocycles. The van der Waals surface area contributed by atoms with Crippen LogP contribution in [0.1, 0.15) is 23.0 Å². The van der Waals surface area contributed by atoms with E-state index >= 15 is 0 Å². The molecule has 2 aromatic rings. The summed E-state index contributed by atoms with van der Waals surface area (Å²) in [4.78, 5) is 22.9. The molecule has 0 aliphatic heterocycles. The van der Waals surface area contributed by atoms with Gasteiger partial charge in [-0.3, -0.25) is 14.3 Å². The summed E-state index contributed by atoms with van der Waals surface area (Å²) in [6.45, 7) is 1.84. The van der Waals surface area contributed by atoms with Gasteiger partial charge in [-0.05, 0) is 25.1 Å². The van der Waals surface area contributed by atoms with Gasteiger partial charge in [0.2, 0.25) is 0 Å². The number of primary amides is 1. The Bertz CT molecular complexity index is 727. The first-order chi connectivity index (χ1) is 9.56. The van der Waals surface area contributed by atoms with Gasteiger partial charge in [0, 0.05) is 5.39 Å². The maximum atomic E-state index is 11.5. The van der Waals surface area contributed by atoms with Crippen molar-refractivity contribution in [2.75, 3.05) is 6.61 Å². The van der Waals surface area contributed by atoms with E-state index < -0.39 is 11.9 Å². The molecule has 2 N–H and O–H groups in total. The maximum absolute atomic E-state index is 11.5. The molecule has 20 heavy (non-hydrogen) atoms. The molecule has 7 heteroatoms. The van der Waals surface area contributed by atoms with Crippen molar-refractivity contribution in [1.82, 2.24) is 9.78 Å². The number of amides is 1. The first-order valence-corrected chi connectivity index (χ1v) is 5.93. The molecular formula is C13H12N4O3. The Morgan fingerprint density at radius 3 is 2.85 bits per heavy atom. The minimum atomic E-state index is -0.715. The van der Waals surface area contributed by atoms with Gasteiger partial charge in [-0.2, -0.15) is 10.4 Å². The van der Waals surface area contributed by atoms with Gasteiger partial charge in [-0.1, -0.05) is 0 Å². The second-order valence-corrected chi connectivity index (χ2v) is 4.02. The van der Waals surface area contributed by atoms with Gasteiger partial charge in [0.05, 0.1) is 23.8 Å². The van der Waals surface area contributed by atoms with Gasteiger partial charge < -0.3 is 10.5 Å². The van der Waals surface area contributed by atoms with Crippen LogP contribution in [0, 0.1) is 11.3 Å². The minimum Gasteiger partial charge on any atom is -0.465 e. The number of nitrogens with two attached hydrogens (primary N) is 1. The van der Waals surface area contributed by atoms with E-state index in [1.807, 2.05) is 6.07 Å². The third-order valence-corrected chi connectivity index (χ3v) is 2.70. The van der Waals surface area contributed by atoms with Gasteiger partial charge in [0.25, 0.3) is 5.91 Å². The molecule has 102 valence electrons. The Hall–Kier alpha value is -2.88. The van der Waals surface area contributed by atoms with Gasteiger partial charge in [0.1, 0.15) is 6.54 Å². The predicted molar refractivity (Wildman–Crippen MR) is 69.6 cm³/mol. The smallest absolute Gasteiger partial charge is 0.327 e. The summed E-state index contributed by atoms with van der Waals surface area (Å²) in [7, 11) is 0. The number of carbonyl (C=O) groups excluding carboxylic acids is 2. The Morgan fingerprint density at radius 1 is 1.50 bits per heavy atom. The van der Waals surface area contributed by atoms with E-state index in [4.69, 9.17) is 15.7 Å². The summed E-state index contributed by atoms with van der Waals surface area (Å²) in [5.74, 6) is -1.18. The van der Waals surface area contributed by atoms with Crippen LogP contribution in [-0.4, -0.2) is 28.3 Å². The van der Waals surface area contributed by atoms with Crippen molar-refractivity contribution in [2.45, 2.75) is 13.5 Å². The van der Waals surface area contributed by atoms with Crippen molar-refractivity contribution in [1.29, 1.82) is 5.26 Å². The van der Waals surface area contributed by atoms with Crippen LogP contribution in [0.25, 0.3) is 10.9 Å². The normalized spacial score (nSPS) is 10.2. The highest BCUT2D eigenvalue weighted by Crippen LogP contribution is 2.20. The van der Waals surface area contributed by atoms with E-state index in [9.17, 15) is 9.59 Å². The quantitative estimate of drug-likeness (QED) is 0.818. The number of ether oxygens (including phenoxy) is 1. The summed E-state index contributed by atoms with van der Waals surface area (Å²) in [5.41, 5.74) is 6.22. The van der Waals surface area contributed by atoms with Crippen LogP contribution in [0.3, 0.4) is 0 Å². The number of fused-ring (bicyclic) bond motifs is 1. The predicted octanol–water partition coefficient (Wildman–Crippen LogP) is 0.570. The third-order valence-electron chi connectivity index (χ3n) is 2.70. The number of hydrogen-bond donors (Lipinski definition) is 1. The van der Waals surface area contributed by atoms with Crippen LogP contribution in [0.4, 0.5) is 0 Å². The fraction of sp³-hybridized carbons (Fsp3) is 0.231. The Balaban J connectivity index is 2.54. The molecule has 0 aliphatic rings. The topological polar surface area (TPSA) is 111 Å². The molecule has 7 nitrogen and oxygen atoms in total. The SMILES string of the molecule is CCOC(=O)Cn1nc(C(N)=O)c2cc(C#N)ccc21. The van der Waals surface area contributed by atoms with Crippen molar-refractivity contribution < 1.29 is 14.3 Å². The zero-order valence-corrected chi connectivity index (χ0v) is 10.8. The third kappa shape index (κ3) is 2.44. The second kappa shape index (κ2) is 5.40. The molecule has 0 aliphatic carbocycles. The molecule has 0 saturated heterocycles. The van der Waals surface area contributed by atoms with E-state index in [-0.39, 0.29) is 18.8 Å². The summed E-state index contributed by atoms with van der Waals surface area (Å²) in [6, 6.07) is 6.69. The number of nitrogens with zero attached hydrogens (tertiary/aromatic N) is 3. The number of benzene rings is 1. The van der Waals surface area contributed by atoms with Crippen molar-refractivity contribution >= 4 is 22.8 Å². The number of hydrogen-bond acceptors (Lipinski definition) is 5. The monoisotopic (exact) mass is 272 g/mol. The van der Waals surface area contributed by atoms with Crippen molar-refractivity contribution in [2.24, 2.45) is 5.73 Å². The van der Waals surface area contributed by atoms with Crippen LogP contribution in [0.2, 0.25) is 0 Å². The van der Waals surface area contributed by atoms with E-state index in [2.05, 4.69) is 5.10 Å². The highest BCUT2D eigenvalue weighted by atomic mass is 16.5.